The van der Waals surface area contributed by atoms with Crippen LogP contribution in [0, 0.1) is 5.92 Å². The number of thiophene rings is 1. The van der Waals surface area contributed by atoms with E-state index in [4.69, 9.17) is 10.5 Å². The van der Waals surface area contributed by atoms with Crippen LogP contribution in [0.15, 0.2) is 18.2 Å². The van der Waals surface area contributed by atoms with Gasteiger partial charge in [-0.2, -0.15) is 8.78 Å². The molecule has 150 valence electrons. The summed E-state index contributed by atoms with van der Waals surface area (Å²) in [5, 5.41) is 3.13. The summed E-state index contributed by atoms with van der Waals surface area (Å²) in [7, 11) is 1.29. The third-order valence-corrected chi connectivity index (χ3v) is 5.80. The number of benzene rings is 1. The highest BCUT2D eigenvalue weighted by Gasteiger charge is 2.27. The number of halogens is 2. The highest BCUT2D eigenvalue weighted by Crippen LogP contribution is 2.39. The Kier molecular flexibility index (Phi) is 5.83. The lowest BCUT2D eigenvalue weighted by molar-refractivity contribution is -0.0512. The topological polar surface area (TPSA) is 90.6 Å². The fourth-order valence-electron chi connectivity index (χ4n) is 3.28. The van der Waals surface area contributed by atoms with Crippen LogP contribution < -0.4 is 20.5 Å². The quantitative estimate of drug-likeness (QED) is 0.757. The highest BCUT2D eigenvalue weighted by molar-refractivity contribution is 7.17. The third kappa shape index (κ3) is 4.09. The maximum Gasteiger partial charge on any atom is 0.387 e. The highest BCUT2D eigenvalue weighted by atomic mass is 32.1. The van der Waals surface area contributed by atoms with E-state index in [1.54, 1.807) is 0 Å². The van der Waals surface area contributed by atoms with Crippen molar-refractivity contribution >= 4 is 28.2 Å². The third-order valence-electron chi connectivity index (χ3n) is 4.63. The van der Waals surface area contributed by atoms with Gasteiger partial charge in [-0.05, 0) is 48.9 Å². The monoisotopic (exact) mass is 410 g/mol. The lowest BCUT2D eigenvalue weighted by Crippen LogP contribution is -2.19. The van der Waals surface area contributed by atoms with Crippen LogP contribution >= 0.6 is 11.3 Å². The Balaban J connectivity index is 1.88. The second-order valence-electron chi connectivity index (χ2n) is 6.62. The first kappa shape index (κ1) is 20.1. The van der Waals surface area contributed by atoms with Crippen molar-refractivity contribution in [1.82, 2.24) is 0 Å². The smallest absolute Gasteiger partial charge is 0.387 e. The zero-order valence-electron chi connectivity index (χ0n) is 15.4. The zero-order valence-corrected chi connectivity index (χ0v) is 16.2. The number of carbonyl (C=O) groups excluding carboxylic acids is 2. The summed E-state index contributed by atoms with van der Waals surface area (Å²) in [6.07, 6.45) is 2.54. The van der Waals surface area contributed by atoms with Crippen molar-refractivity contribution in [2.45, 2.75) is 32.8 Å². The van der Waals surface area contributed by atoms with E-state index in [1.165, 1.54) is 36.6 Å². The van der Waals surface area contributed by atoms with E-state index in [2.05, 4.69) is 17.0 Å². The van der Waals surface area contributed by atoms with Gasteiger partial charge in [-0.25, -0.2) is 0 Å². The first-order valence-corrected chi connectivity index (χ1v) is 9.50. The van der Waals surface area contributed by atoms with Gasteiger partial charge in [-0.1, -0.05) is 6.92 Å². The molecule has 0 saturated heterocycles. The second kappa shape index (κ2) is 8.14. The van der Waals surface area contributed by atoms with Gasteiger partial charge in [0.1, 0.15) is 5.00 Å². The SMILES string of the molecule is COc1cc(C(=O)Nc2sc3c(c2C(N)=O)CC[C@H](C)C3)ccc1OC(F)F. The molecule has 1 aliphatic carbocycles. The van der Waals surface area contributed by atoms with E-state index in [-0.39, 0.29) is 17.1 Å². The van der Waals surface area contributed by atoms with Gasteiger partial charge in [0.25, 0.3) is 11.8 Å². The van der Waals surface area contributed by atoms with Gasteiger partial charge in [0.05, 0.1) is 12.7 Å². The molecule has 0 unspecified atom stereocenters. The van der Waals surface area contributed by atoms with Crippen LogP contribution in [0.25, 0.3) is 0 Å². The van der Waals surface area contributed by atoms with Crippen LogP contribution in [0.3, 0.4) is 0 Å². The zero-order chi connectivity index (χ0) is 20.4. The fraction of sp³-hybridized carbons (Fsp3) is 0.368. The summed E-state index contributed by atoms with van der Waals surface area (Å²) in [5.74, 6) is -0.756. The molecule has 0 saturated carbocycles. The standard InChI is InChI=1S/C19H20F2N2O4S/c1-9-3-5-11-14(7-9)28-18(15(11)16(22)24)23-17(25)10-4-6-12(27-19(20)21)13(8-10)26-2/h4,6,8-9,19H,3,5,7H2,1-2H3,(H2,22,24)(H,23,25)/t9-/m0/s1. The number of amides is 2. The molecule has 28 heavy (non-hydrogen) atoms. The summed E-state index contributed by atoms with van der Waals surface area (Å²) >= 11 is 1.35. The number of methoxy groups -OCH3 is 1. The predicted octanol–water partition coefficient (Wildman–Crippen LogP) is 3.83. The van der Waals surface area contributed by atoms with Crippen molar-refractivity contribution in [3.8, 4) is 11.5 Å². The molecule has 0 spiro atoms. The second-order valence-corrected chi connectivity index (χ2v) is 7.72. The van der Waals surface area contributed by atoms with Crippen LogP contribution in [-0.2, 0) is 12.8 Å². The molecule has 1 aromatic carbocycles. The minimum Gasteiger partial charge on any atom is -0.493 e. The Morgan fingerprint density at radius 1 is 1.32 bits per heavy atom. The van der Waals surface area contributed by atoms with E-state index in [1.807, 2.05) is 0 Å². The van der Waals surface area contributed by atoms with Gasteiger partial charge in [0.15, 0.2) is 11.5 Å². The van der Waals surface area contributed by atoms with E-state index in [9.17, 15) is 18.4 Å². The number of alkyl halides is 2. The molecule has 0 bridgehead atoms. The number of hydrogen-bond donors (Lipinski definition) is 2. The lowest BCUT2D eigenvalue weighted by Gasteiger charge is -2.18. The van der Waals surface area contributed by atoms with Crippen molar-refractivity contribution in [1.29, 1.82) is 0 Å². The van der Waals surface area contributed by atoms with Gasteiger partial charge in [0.2, 0.25) is 0 Å². The van der Waals surface area contributed by atoms with Crippen LogP contribution in [0.1, 0.15) is 44.5 Å². The number of rotatable bonds is 6. The molecule has 0 fully saturated rings. The van der Waals surface area contributed by atoms with Gasteiger partial charge < -0.3 is 20.5 Å². The number of anilines is 1. The van der Waals surface area contributed by atoms with Crippen LogP contribution in [0.4, 0.5) is 13.8 Å². The van der Waals surface area contributed by atoms with Crippen molar-refractivity contribution in [2.75, 3.05) is 12.4 Å². The Morgan fingerprint density at radius 3 is 2.71 bits per heavy atom. The Morgan fingerprint density at radius 2 is 2.07 bits per heavy atom. The molecule has 2 aromatic rings. The number of ether oxygens (including phenoxy) is 2. The molecule has 1 atom stereocenters. The molecular formula is C19H20F2N2O4S. The van der Waals surface area contributed by atoms with Crippen molar-refractivity contribution in [2.24, 2.45) is 11.7 Å². The average molecular weight is 410 g/mol. The summed E-state index contributed by atoms with van der Waals surface area (Å²) in [6.45, 7) is -0.869. The molecule has 1 aromatic heterocycles. The van der Waals surface area contributed by atoms with Crippen LogP contribution in [0.2, 0.25) is 0 Å². The first-order chi connectivity index (χ1) is 13.3. The molecule has 6 nitrogen and oxygen atoms in total. The molecule has 1 aliphatic rings. The number of nitrogens with two attached hydrogens (primary N) is 1. The molecule has 0 radical (unpaired) electrons. The molecule has 3 rings (SSSR count). The summed E-state index contributed by atoms with van der Waals surface area (Å²) < 4.78 is 34.3. The summed E-state index contributed by atoms with van der Waals surface area (Å²) in [6, 6.07) is 3.87. The molecular weight excluding hydrogens is 390 g/mol. The van der Waals surface area contributed by atoms with E-state index in [0.717, 1.165) is 29.7 Å². The molecule has 1 heterocycles. The van der Waals surface area contributed by atoms with Gasteiger partial charge in [-0.3, -0.25) is 9.59 Å². The maximum absolute atomic E-state index is 12.7. The van der Waals surface area contributed by atoms with Crippen LogP contribution in [-0.4, -0.2) is 25.5 Å². The Bertz CT molecular complexity index is 914. The van der Waals surface area contributed by atoms with E-state index < -0.39 is 18.4 Å². The van der Waals surface area contributed by atoms with Gasteiger partial charge in [-0.15, -0.1) is 11.3 Å². The van der Waals surface area contributed by atoms with E-state index in [0.29, 0.717) is 16.5 Å². The molecule has 9 heteroatoms. The minimum absolute atomic E-state index is 0.00220. The van der Waals surface area contributed by atoms with Crippen LogP contribution in [0.5, 0.6) is 11.5 Å². The fourth-order valence-corrected chi connectivity index (χ4v) is 4.69. The predicted molar refractivity (Wildman–Crippen MR) is 102 cm³/mol. The summed E-state index contributed by atoms with van der Waals surface area (Å²) in [4.78, 5) is 25.7. The van der Waals surface area contributed by atoms with E-state index >= 15 is 0 Å². The van der Waals surface area contributed by atoms with Crippen molar-refractivity contribution < 1.29 is 27.8 Å². The Labute approximate surface area is 164 Å². The number of fused-ring (bicyclic) bond motifs is 1. The van der Waals surface area contributed by atoms with Crippen molar-refractivity contribution in [3.63, 3.8) is 0 Å². The van der Waals surface area contributed by atoms with Crippen molar-refractivity contribution in [3.05, 3.63) is 39.8 Å². The number of primary amides is 1. The normalized spacial score (nSPS) is 15.8. The average Bonchev–Trinajstić information content (AvgIpc) is 2.98. The number of nitrogens with one attached hydrogen (secondary N) is 1. The number of hydrogen-bond acceptors (Lipinski definition) is 5. The first-order valence-electron chi connectivity index (χ1n) is 8.68. The maximum atomic E-state index is 12.7. The minimum atomic E-state index is -3.01. The molecule has 0 aliphatic heterocycles. The lowest BCUT2D eigenvalue weighted by atomic mass is 9.88. The summed E-state index contributed by atoms with van der Waals surface area (Å²) in [5.41, 5.74) is 6.99. The molecule has 2 amide bonds. The Hall–Kier alpha value is -2.68. The largest absolute Gasteiger partial charge is 0.493 e. The van der Waals surface area contributed by atoms with Gasteiger partial charge in [0, 0.05) is 10.4 Å². The van der Waals surface area contributed by atoms with Gasteiger partial charge >= 0.3 is 6.61 Å². The molecule has 3 N–H and O–H groups in total. The number of carbonyl (C=O) groups is 2.